The number of sulfonamides is 1. The van der Waals surface area contributed by atoms with Crippen LogP contribution in [0.5, 0.6) is 0 Å². The molecule has 1 unspecified atom stereocenters. The normalized spacial score (nSPS) is 18.9. The Balaban J connectivity index is 2.13. The van der Waals surface area contributed by atoms with Gasteiger partial charge in [-0.1, -0.05) is 25.3 Å². The predicted molar refractivity (Wildman–Crippen MR) is 85.2 cm³/mol. The highest BCUT2D eigenvalue weighted by atomic mass is 79.9. The fraction of sp³-hybridized carbons (Fsp3) is 0.600. The van der Waals surface area contributed by atoms with E-state index in [0.29, 0.717) is 15.3 Å². The minimum Gasteiger partial charge on any atom is -0.208 e. The number of hydrogen-bond acceptors (Lipinski definition) is 2. The van der Waals surface area contributed by atoms with E-state index in [1.807, 2.05) is 26.0 Å². The van der Waals surface area contributed by atoms with Crippen molar-refractivity contribution >= 4 is 26.0 Å². The molecule has 0 heterocycles. The van der Waals surface area contributed by atoms with Crippen LogP contribution in [0, 0.1) is 12.8 Å². The first kappa shape index (κ1) is 16.0. The molecule has 1 aromatic rings. The molecule has 1 aliphatic carbocycles. The molecule has 2 rings (SSSR count). The van der Waals surface area contributed by atoms with E-state index >= 15 is 0 Å². The molecule has 0 aromatic heterocycles. The highest BCUT2D eigenvalue weighted by Gasteiger charge is 2.26. The number of halogens is 1. The van der Waals surface area contributed by atoms with E-state index in [-0.39, 0.29) is 6.04 Å². The molecule has 5 heteroatoms. The molecule has 0 saturated heterocycles. The van der Waals surface area contributed by atoms with Crippen molar-refractivity contribution in [3.8, 4) is 0 Å². The van der Waals surface area contributed by atoms with Crippen LogP contribution in [0.15, 0.2) is 27.6 Å². The fourth-order valence-corrected chi connectivity index (χ4v) is 5.37. The Morgan fingerprint density at radius 3 is 2.50 bits per heavy atom. The second-order valence-electron chi connectivity index (χ2n) is 5.74. The summed E-state index contributed by atoms with van der Waals surface area (Å²) < 4.78 is 28.4. The summed E-state index contributed by atoms with van der Waals surface area (Å²) in [5.74, 6) is 0.461. The van der Waals surface area contributed by atoms with Crippen molar-refractivity contribution < 1.29 is 8.42 Å². The largest absolute Gasteiger partial charge is 0.241 e. The van der Waals surface area contributed by atoms with Crippen LogP contribution < -0.4 is 4.72 Å². The molecule has 3 nitrogen and oxygen atoms in total. The van der Waals surface area contributed by atoms with Crippen LogP contribution >= 0.6 is 15.9 Å². The van der Waals surface area contributed by atoms with Crippen molar-refractivity contribution in [1.29, 1.82) is 0 Å². The van der Waals surface area contributed by atoms with E-state index in [1.165, 1.54) is 19.3 Å². The van der Waals surface area contributed by atoms with Gasteiger partial charge in [-0.2, -0.15) is 0 Å². The van der Waals surface area contributed by atoms with E-state index in [0.717, 1.165) is 18.4 Å². The van der Waals surface area contributed by atoms with Gasteiger partial charge >= 0.3 is 0 Å². The summed E-state index contributed by atoms with van der Waals surface area (Å²) in [7, 11) is -3.45. The molecule has 0 aliphatic heterocycles. The van der Waals surface area contributed by atoms with Crippen molar-refractivity contribution in [1.82, 2.24) is 4.72 Å². The van der Waals surface area contributed by atoms with E-state index in [2.05, 4.69) is 20.7 Å². The molecule has 0 amide bonds. The lowest BCUT2D eigenvalue weighted by Gasteiger charge is -2.28. The van der Waals surface area contributed by atoms with Gasteiger partial charge in [0.25, 0.3) is 0 Å². The maximum atomic E-state index is 12.5. The number of benzene rings is 1. The zero-order valence-electron chi connectivity index (χ0n) is 12.0. The molecule has 1 aromatic carbocycles. The van der Waals surface area contributed by atoms with Gasteiger partial charge < -0.3 is 0 Å². The summed E-state index contributed by atoms with van der Waals surface area (Å²) in [5.41, 5.74) is 1.04. The van der Waals surface area contributed by atoms with Gasteiger partial charge in [-0.25, -0.2) is 13.1 Å². The van der Waals surface area contributed by atoms with Gasteiger partial charge in [0.1, 0.15) is 0 Å². The van der Waals surface area contributed by atoms with E-state index in [9.17, 15) is 8.42 Å². The summed E-state index contributed by atoms with van der Waals surface area (Å²) in [6.07, 6.45) is 5.95. The molecule has 1 atom stereocenters. The van der Waals surface area contributed by atoms with Gasteiger partial charge in [-0.15, -0.1) is 0 Å². The Morgan fingerprint density at radius 1 is 1.25 bits per heavy atom. The molecule has 0 radical (unpaired) electrons. The zero-order chi connectivity index (χ0) is 14.8. The smallest absolute Gasteiger partial charge is 0.208 e. The first-order valence-electron chi connectivity index (χ1n) is 7.18. The summed E-state index contributed by atoms with van der Waals surface area (Å²) in [6.45, 7) is 3.93. The first-order valence-corrected chi connectivity index (χ1v) is 9.46. The van der Waals surface area contributed by atoms with E-state index in [4.69, 9.17) is 0 Å². The van der Waals surface area contributed by atoms with Gasteiger partial charge in [0.15, 0.2) is 0 Å². The average Bonchev–Trinajstić information content (AvgIpc) is 2.38. The topological polar surface area (TPSA) is 46.2 Å². The highest BCUT2D eigenvalue weighted by Crippen LogP contribution is 2.28. The predicted octanol–water partition coefficient (Wildman–Crippen LogP) is 4.00. The second-order valence-corrected chi connectivity index (χ2v) is 8.28. The third-order valence-electron chi connectivity index (χ3n) is 4.07. The summed E-state index contributed by atoms with van der Waals surface area (Å²) in [5, 5.41) is 0. The lowest BCUT2D eigenvalue weighted by molar-refractivity contribution is 0.303. The first-order chi connectivity index (χ1) is 9.40. The number of nitrogens with one attached hydrogen (secondary N) is 1. The molecule has 20 heavy (non-hydrogen) atoms. The maximum absolute atomic E-state index is 12.5. The average molecular weight is 360 g/mol. The van der Waals surface area contributed by atoms with Gasteiger partial charge in [-0.05, 0) is 66.2 Å². The Labute approximate surface area is 130 Å². The molecule has 112 valence electrons. The minimum absolute atomic E-state index is 0.00602. The van der Waals surface area contributed by atoms with Crippen LogP contribution in [0.1, 0.15) is 44.6 Å². The van der Waals surface area contributed by atoms with Gasteiger partial charge in [0.05, 0.1) is 4.90 Å². The number of hydrogen-bond donors (Lipinski definition) is 1. The van der Waals surface area contributed by atoms with Crippen molar-refractivity contribution in [2.45, 2.75) is 56.9 Å². The molecule has 0 spiro atoms. The molecule has 1 fully saturated rings. The van der Waals surface area contributed by atoms with Crippen molar-refractivity contribution in [3.05, 3.63) is 28.2 Å². The SMILES string of the molecule is Cc1ccc(S(=O)(=O)NC(C)C2CCCCC2)c(Br)c1. The number of rotatable bonds is 4. The molecular formula is C15H22BrNO2S. The van der Waals surface area contributed by atoms with E-state index in [1.54, 1.807) is 6.07 Å². The monoisotopic (exact) mass is 359 g/mol. The Hall–Kier alpha value is -0.390. The van der Waals surface area contributed by atoms with Crippen LogP contribution in [0.2, 0.25) is 0 Å². The third-order valence-corrected chi connectivity index (χ3v) is 6.61. The van der Waals surface area contributed by atoms with Crippen LogP contribution in [0.25, 0.3) is 0 Å². The van der Waals surface area contributed by atoms with Crippen LogP contribution in [-0.4, -0.2) is 14.5 Å². The molecule has 0 bridgehead atoms. The molecular weight excluding hydrogens is 338 g/mol. The summed E-state index contributed by atoms with van der Waals surface area (Å²) in [6, 6.07) is 5.31. The van der Waals surface area contributed by atoms with Gasteiger partial charge in [0.2, 0.25) is 10.0 Å². The fourth-order valence-electron chi connectivity index (χ4n) is 2.86. The van der Waals surface area contributed by atoms with Gasteiger partial charge in [0, 0.05) is 10.5 Å². The number of aryl methyl sites for hydroxylation is 1. The second kappa shape index (κ2) is 6.58. The van der Waals surface area contributed by atoms with Crippen LogP contribution in [-0.2, 0) is 10.0 Å². The van der Waals surface area contributed by atoms with Crippen molar-refractivity contribution in [3.63, 3.8) is 0 Å². The maximum Gasteiger partial charge on any atom is 0.241 e. The lowest BCUT2D eigenvalue weighted by atomic mass is 9.85. The Morgan fingerprint density at radius 2 is 1.90 bits per heavy atom. The third kappa shape index (κ3) is 3.83. The van der Waals surface area contributed by atoms with Crippen molar-refractivity contribution in [2.24, 2.45) is 5.92 Å². The van der Waals surface area contributed by atoms with Crippen LogP contribution in [0.3, 0.4) is 0 Å². The summed E-state index contributed by atoms with van der Waals surface area (Å²) >= 11 is 3.35. The lowest BCUT2D eigenvalue weighted by Crippen LogP contribution is -2.38. The standard InChI is InChI=1S/C15H22BrNO2S/c1-11-8-9-15(14(16)10-11)20(18,19)17-12(2)13-6-4-3-5-7-13/h8-10,12-13,17H,3-7H2,1-2H3. The zero-order valence-corrected chi connectivity index (χ0v) is 14.4. The minimum atomic E-state index is -3.45. The summed E-state index contributed by atoms with van der Waals surface area (Å²) in [4.78, 5) is 0.325. The Kier molecular flexibility index (Phi) is 5.26. The van der Waals surface area contributed by atoms with Crippen LogP contribution in [0.4, 0.5) is 0 Å². The Bertz CT molecular complexity index is 565. The molecule has 1 aliphatic rings. The van der Waals surface area contributed by atoms with E-state index < -0.39 is 10.0 Å². The molecule has 1 saturated carbocycles. The van der Waals surface area contributed by atoms with Gasteiger partial charge in [-0.3, -0.25) is 0 Å². The quantitative estimate of drug-likeness (QED) is 0.882. The molecule has 1 N–H and O–H groups in total. The highest BCUT2D eigenvalue weighted by molar-refractivity contribution is 9.10. The van der Waals surface area contributed by atoms with Crippen molar-refractivity contribution in [2.75, 3.05) is 0 Å².